The van der Waals surface area contributed by atoms with Gasteiger partial charge in [0.05, 0.1) is 0 Å². The molecule has 0 spiro atoms. The van der Waals surface area contributed by atoms with Crippen LogP contribution in [-0.2, 0) is 0 Å². The van der Waals surface area contributed by atoms with Crippen molar-refractivity contribution in [1.29, 1.82) is 0 Å². The Kier molecular flexibility index (Phi) is 3.97. The average Bonchev–Trinajstić information content (AvgIpc) is 2.05. The lowest BCUT2D eigenvalue weighted by atomic mass is 10.3. The number of nitrogens with two attached hydrogens (primary N) is 1. The third kappa shape index (κ3) is 3.15. The van der Waals surface area contributed by atoms with Crippen LogP contribution in [0.3, 0.4) is 0 Å². The second-order valence-corrected chi connectivity index (χ2v) is 3.67. The Balaban J connectivity index is 2.41. The zero-order valence-electron chi connectivity index (χ0n) is 6.86. The van der Waals surface area contributed by atoms with E-state index in [0.29, 0.717) is 0 Å². The number of aliphatic hydroxyl groups excluding tert-OH is 1. The highest BCUT2D eigenvalue weighted by molar-refractivity contribution is 7.99. The molecule has 0 aliphatic carbocycles. The molecule has 66 valence electrons. The maximum Gasteiger partial charge on any atom is 0.0439 e. The van der Waals surface area contributed by atoms with E-state index in [4.69, 9.17) is 10.8 Å². The summed E-state index contributed by atoms with van der Waals surface area (Å²) >= 11 is 1.72. The molecule has 0 unspecified atom stereocenters. The molecule has 0 fully saturated rings. The molecule has 0 bridgehead atoms. The zero-order valence-corrected chi connectivity index (χ0v) is 7.68. The normalized spacial score (nSPS) is 10.1. The molecule has 1 rings (SSSR count). The monoisotopic (exact) mass is 183 g/mol. The SMILES string of the molecule is Nc1cccc(SCCCO)c1. The third-order valence-corrected chi connectivity index (χ3v) is 2.51. The van der Waals surface area contributed by atoms with Crippen molar-refractivity contribution < 1.29 is 5.11 Å². The van der Waals surface area contributed by atoms with Gasteiger partial charge in [-0.05, 0) is 24.6 Å². The van der Waals surface area contributed by atoms with Gasteiger partial charge in [-0.25, -0.2) is 0 Å². The Labute approximate surface area is 76.8 Å². The van der Waals surface area contributed by atoms with E-state index >= 15 is 0 Å². The maximum atomic E-state index is 8.56. The van der Waals surface area contributed by atoms with Crippen LogP contribution in [0.4, 0.5) is 5.69 Å². The molecular weight excluding hydrogens is 170 g/mol. The van der Waals surface area contributed by atoms with Crippen molar-refractivity contribution in [2.45, 2.75) is 11.3 Å². The van der Waals surface area contributed by atoms with Crippen molar-refractivity contribution in [3.05, 3.63) is 24.3 Å². The summed E-state index contributed by atoms with van der Waals surface area (Å²) in [6.45, 7) is 0.259. The van der Waals surface area contributed by atoms with Crippen LogP contribution in [0.15, 0.2) is 29.2 Å². The highest BCUT2D eigenvalue weighted by Gasteiger charge is 1.93. The molecule has 3 heteroatoms. The molecule has 0 aliphatic rings. The van der Waals surface area contributed by atoms with Crippen LogP contribution < -0.4 is 5.73 Å². The van der Waals surface area contributed by atoms with Crippen LogP contribution in [0.1, 0.15) is 6.42 Å². The smallest absolute Gasteiger partial charge is 0.0439 e. The minimum absolute atomic E-state index is 0.259. The summed E-state index contributed by atoms with van der Waals surface area (Å²) in [4.78, 5) is 1.17. The van der Waals surface area contributed by atoms with E-state index in [1.165, 1.54) is 4.90 Å². The van der Waals surface area contributed by atoms with Crippen LogP contribution >= 0.6 is 11.8 Å². The minimum atomic E-state index is 0.259. The summed E-state index contributed by atoms with van der Waals surface area (Å²) in [5.41, 5.74) is 6.40. The molecule has 0 amide bonds. The van der Waals surface area contributed by atoms with Crippen molar-refractivity contribution in [3.8, 4) is 0 Å². The Bertz CT molecular complexity index is 240. The highest BCUT2D eigenvalue weighted by Crippen LogP contribution is 2.20. The van der Waals surface area contributed by atoms with Crippen molar-refractivity contribution in [2.75, 3.05) is 18.1 Å². The number of nitrogen functional groups attached to an aromatic ring is 1. The van der Waals surface area contributed by atoms with Crippen molar-refractivity contribution in [3.63, 3.8) is 0 Å². The van der Waals surface area contributed by atoms with E-state index in [1.54, 1.807) is 11.8 Å². The molecule has 1 aromatic carbocycles. The lowest BCUT2D eigenvalue weighted by Crippen LogP contribution is -1.87. The van der Waals surface area contributed by atoms with E-state index in [-0.39, 0.29) is 6.61 Å². The quantitative estimate of drug-likeness (QED) is 0.424. The average molecular weight is 183 g/mol. The van der Waals surface area contributed by atoms with Gasteiger partial charge in [-0.2, -0.15) is 0 Å². The summed E-state index contributed by atoms with van der Waals surface area (Å²) in [7, 11) is 0. The Hall–Kier alpha value is -0.670. The highest BCUT2D eigenvalue weighted by atomic mass is 32.2. The minimum Gasteiger partial charge on any atom is -0.399 e. The fourth-order valence-electron chi connectivity index (χ4n) is 0.859. The van der Waals surface area contributed by atoms with Crippen LogP contribution in [-0.4, -0.2) is 17.5 Å². The Morgan fingerprint density at radius 3 is 2.92 bits per heavy atom. The number of hydrogen-bond acceptors (Lipinski definition) is 3. The second kappa shape index (κ2) is 5.06. The third-order valence-electron chi connectivity index (χ3n) is 1.43. The molecule has 0 aliphatic heterocycles. The number of hydrogen-bond donors (Lipinski definition) is 2. The largest absolute Gasteiger partial charge is 0.399 e. The van der Waals surface area contributed by atoms with Gasteiger partial charge in [0.2, 0.25) is 0 Å². The predicted octanol–water partition coefficient (Wildman–Crippen LogP) is 1.74. The summed E-state index contributed by atoms with van der Waals surface area (Å²) in [6.07, 6.45) is 0.833. The molecule has 0 heterocycles. The summed E-state index contributed by atoms with van der Waals surface area (Å²) in [5, 5.41) is 8.56. The van der Waals surface area contributed by atoms with E-state index in [9.17, 15) is 0 Å². The van der Waals surface area contributed by atoms with Gasteiger partial charge in [0.15, 0.2) is 0 Å². The second-order valence-electron chi connectivity index (χ2n) is 2.50. The van der Waals surface area contributed by atoms with Gasteiger partial charge in [-0.1, -0.05) is 6.07 Å². The van der Waals surface area contributed by atoms with Gasteiger partial charge in [-0.3, -0.25) is 0 Å². The first-order chi connectivity index (χ1) is 5.83. The molecule has 12 heavy (non-hydrogen) atoms. The fourth-order valence-corrected chi connectivity index (χ4v) is 1.76. The van der Waals surface area contributed by atoms with Crippen LogP contribution in [0.5, 0.6) is 0 Å². The number of aliphatic hydroxyl groups is 1. The number of rotatable bonds is 4. The lowest BCUT2D eigenvalue weighted by molar-refractivity contribution is 0.296. The van der Waals surface area contributed by atoms with Gasteiger partial charge in [-0.15, -0.1) is 11.8 Å². The number of anilines is 1. The molecule has 1 aromatic rings. The predicted molar refractivity (Wildman–Crippen MR) is 53.3 cm³/mol. The lowest BCUT2D eigenvalue weighted by Gasteiger charge is -2.00. The maximum absolute atomic E-state index is 8.56. The van der Waals surface area contributed by atoms with Crippen LogP contribution in [0.25, 0.3) is 0 Å². The molecule has 0 atom stereocenters. The summed E-state index contributed by atoms with van der Waals surface area (Å²) < 4.78 is 0. The summed E-state index contributed by atoms with van der Waals surface area (Å²) in [6, 6.07) is 7.78. The Morgan fingerprint density at radius 2 is 2.25 bits per heavy atom. The van der Waals surface area contributed by atoms with Crippen LogP contribution in [0, 0.1) is 0 Å². The van der Waals surface area contributed by atoms with Crippen LogP contribution in [0.2, 0.25) is 0 Å². The molecular formula is C9H13NOS. The van der Waals surface area contributed by atoms with Gasteiger partial charge in [0.1, 0.15) is 0 Å². The van der Waals surface area contributed by atoms with Crippen molar-refractivity contribution in [2.24, 2.45) is 0 Å². The van der Waals surface area contributed by atoms with E-state index in [2.05, 4.69) is 0 Å². The summed E-state index contributed by atoms with van der Waals surface area (Å²) in [5.74, 6) is 0.944. The van der Waals surface area contributed by atoms with Crippen molar-refractivity contribution in [1.82, 2.24) is 0 Å². The topological polar surface area (TPSA) is 46.2 Å². The van der Waals surface area contributed by atoms with E-state index < -0.39 is 0 Å². The van der Waals surface area contributed by atoms with Gasteiger partial charge in [0.25, 0.3) is 0 Å². The van der Waals surface area contributed by atoms with E-state index in [1.807, 2.05) is 24.3 Å². The number of thioether (sulfide) groups is 1. The standard InChI is InChI=1S/C9H13NOS/c10-8-3-1-4-9(7-8)12-6-2-5-11/h1,3-4,7,11H,2,5-6,10H2. The van der Waals surface area contributed by atoms with Gasteiger partial charge in [0, 0.05) is 22.9 Å². The fraction of sp³-hybridized carbons (Fsp3) is 0.333. The first-order valence-corrected chi connectivity index (χ1v) is 4.90. The first-order valence-electron chi connectivity index (χ1n) is 3.92. The molecule has 0 aromatic heterocycles. The molecule has 3 N–H and O–H groups in total. The molecule has 2 nitrogen and oxygen atoms in total. The zero-order chi connectivity index (χ0) is 8.81. The number of benzene rings is 1. The molecule has 0 radical (unpaired) electrons. The molecule has 0 saturated carbocycles. The van der Waals surface area contributed by atoms with Crippen molar-refractivity contribution >= 4 is 17.4 Å². The van der Waals surface area contributed by atoms with Gasteiger partial charge < -0.3 is 10.8 Å². The molecule has 0 saturated heterocycles. The van der Waals surface area contributed by atoms with Gasteiger partial charge >= 0.3 is 0 Å². The first kappa shape index (κ1) is 9.42. The Morgan fingerprint density at radius 1 is 1.42 bits per heavy atom. The van der Waals surface area contributed by atoms with E-state index in [0.717, 1.165) is 17.9 Å².